The molecule has 1 fully saturated rings. The van der Waals surface area contributed by atoms with Crippen molar-refractivity contribution in [2.45, 2.75) is 51.4 Å². The molecule has 21 heavy (non-hydrogen) atoms. The molecule has 1 amide bonds. The average Bonchev–Trinajstić information content (AvgIpc) is 2.92. The fourth-order valence-electron chi connectivity index (χ4n) is 3.45. The minimum atomic E-state index is -0.743. The molecule has 2 atom stereocenters. The van der Waals surface area contributed by atoms with Gasteiger partial charge in [0.05, 0.1) is 18.8 Å². The predicted octanol–water partition coefficient (Wildman–Crippen LogP) is 2.39. The third-order valence-corrected chi connectivity index (χ3v) is 4.63. The molecule has 0 aromatic heterocycles. The van der Waals surface area contributed by atoms with Gasteiger partial charge in [0.1, 0.15) is 0 Å². The van der Waals surface area contributed by atoms with E-state index in [4.69, 9.17) is 4.74 Å². The molecule has 4 nitrogen and oxygen atoms in total. The first-order valence-corrected chi connectivity index (χ1v) is 7.76. The highest BCUT2D eigenvalue weighted by Crippen LogP contribution is 2.31. The highest BCUT2D eigenvalue weighted by molar-refractivity contribution is 5.94. The second kappa shape index (κ2) is 5.78. The Labute approximate surface area is 125 Å². The van der Waals surface area contributed by atoms with E-state index in [1.807, 2.05) is 18.2 Å². The molecule has 1 aliphatic heterocycles. The van der Waals surface area contributed by atoms with Crippen LogP contribution in [0.4, 0.5) is 0 Å². The van der Waals surface area contributed by atoms with Crippen molar-refractivity contribution in [1.29, 1.82) is 0 Å². The third-order valence-electron chi connectivity index (χ3n) is 4.63. The molecule has 0 radical (unpaired) electrons. The van der Waals surface area contributed by atoms with E-state index in [1.54, 1.807) is 0 Å². The van der Waals surface area contributed by atoms with Gasteiger partial charge in [-0.05, 0) is 42.0 Å². The molecule has 2 aliphatic rings. The van der Waals surface area contributed by atoms with E-state index in [9.17, 15) is 9.90 Å². The van der Waals surface area contributed by atoms with Crippen molar-refractivity contribution in [1.82, 2.24) is 5.32 Å². The van der Waals surface area contributed by atoms with Crippen molar-refractivity contribution in [3.05, 3.63) is 34.9 Å². The maximum Gasteiger partial charge on any atom is 0.251 e. The van der Waals surface area contributed by atoms with Gasteiger partial charge < -0.3 is 15.2 Å². The number of benzene rings is 1. The van der Waals surface area contributed by atoms with Gasteiger partial charge in [-0.2, -0.15) is 0 Å². The minimum absolute atomic E-state index is 0.114. The van der Waals surface area contributed by atoms with E-state index >= 15 is 0 Å². The van der Waals surface area contributed by atoms with Gasteiger partial charge >= 0.3 is 0 Å². The number of fused-ring (bicyclic) bond motifs is 1. The fraction of sp³-hybridized carbons (Fsp3) is 0.588. The molecule has 0 bridgehead atoms. The average molecular weight is 289 g/mol. The van der Waals surface area contributed by atoms with Gasteiger partial charge in [-0.1, -0.05) is 25.8 Å². The van der Waals surface area contributed by atoms with E-state index in [1.165, 1.54) is 6.42 Å². The Morgan fingerprint density at radius 2 is 2.24 bits per heavy atom. The minimum Gasteiger partial charge on any atom is -0.388 e. The molecule has 1 heterocycles. The summed E-state index contributed by atoms with van der Waals surface area (Å²) in [6, 6.07) is 5.68. The van der Waals surface area contributed by atoms with Crippen LogP contribution in [0.2, 0.25) is 0 Å². The van der Waals surface area contributed by atoms with Gasteiger partial charge in [0, 0.05) is 12.1 Å². The summed E-state index contributed by atoms with van der Waals surface area (Å²) >= 11 is 0. The summed E-state index contributed by atoms with van der Waals surface area (Å²) in [5.74, 6) is 0.411. The Kier molecular flexibility index (Phi) is 4.00. The Bertz CT molecular complexity index is 543. The lowest BCUT2D eigenvalue weighted by Crippen LogP contribution is -2.45. The molecule has 2 N–H and O–H groups in total. The number of nitrogens with one attached hydrogen (secondary N) is 1. The molecule has 1 aromatic carbocycles. The summed E-state index contributed by atoms with van der Waals surface area (Å²) in [4.78, 5) is 12.2. The predicted molar refractivity (Wildman–Crippen MR) is 79.9 cm³/mol. The van der Waals surface area contributed by atoms with Crippen LogP contribution in [0.3, 0.4) is 0 Å². The van der Waals surface area contributed by atoms with Gasteiger partial charge in [0.15, 0.2) is 0 Å². The van der Waals surface area contributed by atoms with Gasteiger partial charge in [-0.3, -0.25) is 4.79 Å². The number of ether oxygens (including phenoxy) is 1. The number of amides is 1. The zero-order valence-corrected chi connectivity index (χ0v) is 12.5. The zero-order chi connectivity index (χ0) is 14.9. The van der Waals surface area contributed by atoms with Crippen molar-refractivity contribution in [3.63, 3.8) is 0 Å². The Morgan fingerprint density at radius 3 is 3.05 bits per heavy atom. The Balaban J connectivity index is 1.61. The highest BCUT2D eigenvalue weighted by Gasteiger charge is 2.32. The summed E-state index contributed by atoms with van der Waals surface area (Å²) in [6.07, 6.45) is 3.74. The van der Waals surface area contributed by atoms with Crippen LogP contribution in [0.5, 0.6) is 0 Å². The van der Waals surface area contributed by atoms with E-state index in [-0.39, 0.29) is 5.91 Å². The number of rotatable bonds is 3. The summed E-state index contributed by atoms with van der Waals surface area (Å²) < 4.78 is 5.36. The SMILES string of the molecule is CC1CCCC(O)(CNC(=O)c2ccc3c(c2)COC3)C1. The molecular formula is C17H23NO3. The molecule has 2 unspecified atom stereocenters. The number of hydrogen-bond acceptors (Lipinski definition) is 3. The number of carbonyl (C=O) groups excluding carboxylic acids is 1. The number of carbonyl (C=O) groups is 1. The van der Waals surface area contributed by atoms with Crippen molar-refractivity contribution < 1.29 is 14.6 Å². The summed E-state index contributed by atoms with van der Waals surface area (Å²) in [5.41, 5.74) is 2.15. The van der Waals surface area contributed by atoms with E-state index < -0.39 is 5.60 Å². The van der Waals surface area contributed by atoms with Crippen LogP contribution < -0.4 is 5.32 Å². The van der Waals surface area contributed by atoms with E-state index in [0.717, 1.165) is 30.4 Å². The van der Waals surface area contributed by atoms with Crippen molar-refractivity contribution >= 4 is 5.91 Å². The molecular weight excluding hydrogens is 266 g/mol. The van der Waals surface area contributed by atoms with Crippen LogP contribution in [0, 0.1) is 5.92 Å². The molecule has 1 aromatic rings. The Hall–Kier alpha value is -1.39. The molecule has 0 saturated heterocycles. The Morgan fingerprint density at radius 1 is 1.43 bits per heavy atom. The molecule has 1 saturated carbocycles. The summed E-state index contributed by atoms with van der Waals surface area (Å²) in [6.45, 7) is 3.71. The number of hydrogen-bond donors (Lipinski definition) is 2. The van der Waals surface area contributed by atoms with Gasteiger partial charge in [-0.25, -0.2) is 0 Å². The lowest BCUT2D eigenvalue weighted by atomic mass is 9.79. The van der Waals surface area contributed by atoms with Crippen molar-refractivity contribution in [2.24, 2.45) is 5.92 Å². The third kappa shape index (κ3) is 3.27. The van der Waals surface area contributed by atoms with Crippen LogP contribution in [0.1, 0.15) is 54.1 Å². The summed E-state index contributed by atoms with van der Waals surface area (Å²) in [7, 11) is 0. The first-order valence-electron chi connectivity index (χ1n) is 7.76. The second-order valence-electron chi connectivity index (χ2n) is 6.58. The quantitative estimate of drug-likeness (QED) is 0.898. The fourth-order valence-corrected chi connectivity index (χ4v) is 3.45. The zero-order valence-electron chi connectivity index (χ0n) is 12.5. The van der Waals surface area contributed by atoms with Crippen LogP contribution in [0.15, 0.2) is 18.2 Å². The molecule has 0 spiro atoms. The van der Waals surface area contributed by atoms with Crippen LogP contribution >= 0.6 is 0 Å². The van der Waals surface area contributed by atoms with E-state index in [2.05, 4.69) is 12.2 Å². The van der Waals surface area contributed by atoms with Gasteiger partial charge in [0.2, 0.25) is 0 Å². The standard InChI is InChI=1S/C17H23NO3/c1-12-3-2-6-17(20,8-12)11-18-16(19)13-4-5-14-9-21-10-15(14)7-13/h4-5,7,12,20H,2-3,6,8-11H2,1H3,(H,18,19). The van der Waals surface area contributed by atoms with Crippen molar-refractivity contribution in [3.8, 4) is 0 Å². The molecule has 4 heteroatoms. The maximum atomic E-state index is 12.2. The molecule has 3 rings (SSSR count). The van der Waals surface area contributed by atoms with E-state index in [0.29, 0.717) is 31.2 Å². The molecule has 1 aliphatic carbocycles. The van der Waals surface area contributed by atoms with Crippen LogP contribution in [-0.4, -0.2) is 23.2 Å². The number of aliphatic hydroxyl groups is 1. The normalized spacial score (nSPS) is 28.2. The lowest BCUT2D eigenvalue weighted by Gasteiger charge is -2.35. The van der Waals surface area contributed by atoms with Gasteiger partial charge in [0.25, 0.3) is 5.91 Å². The highest BCUT2D eigenvalue weighted by atomic mass is 16.5. The van der Waals surface area contributed by atoms with Crippen LogP contribution in [0.25, 0.3) is 0 Å². The smallest absolute Gasteiger partial charge is 0.251 e. The molecule has 114 valence electrons. The maximum absolute atomic E-state index is 12.2. The van der Waals surface area contributed by atoms with Gasteiger partial charge in [-0.15, -0.1) is 0 Å². The van der Waals surface area contributed by atoms with Crippen LogP contribution in [-0.2, 0) is 18.0 Å². The monoisotopic (exact) mass is 289 g/mol. The first-order chi connectivity index (χ1) is 10.1. The topological polar surface area (TPSA) is 58.6 Å². The summed E-state index contributed by atoms with van der Waals surface area (Å²) in [5, 5.41) is 13.4. The largest absolute Gasteiger partial charge is 0.388 e. The van der Waals surface area contributed by atoms with Crippen molar-refractivity contribution in [2.75, 3.05) is 6.54 Å². The first kappa shape index (κ1) is 14.5. The second-order valence-corrected chi connectivity index (χ2v) is 6.58. The lowest BCUT2D eigenvalue weighted by molar-refractivity contribution is -0.0109.